The van der Waals surface area contributed by atoms with E-state index in [4.69, 9.17) is 23.2 Å². The summed E-state index contributed by atoms with van der Waals surface area (Å²) in [7, 11) is 0. The maximum Gasteiger partial charge on any atom is 0.148 e. The first kappa shape index (κ1) is 12.6. The van der Waals surface area contributed by atoms with Gasteiger partial charge in [-0.05, 0) is 18.8 Å². The van der Waals surface area contributed by atoms with Gasteiger partial charge in [-0.3, -0.25) is 0 Å². The Balaban J connectivity index is 2.73. The number of nitrogens with zero attached hydrogens (tertiary/aromatic N) is 1. The monoisotopic (exact) mass is 247 g/mol. The summed E-state index contributed by atoms with van der Waals surface area (Å²) >= 11 is 11.5. The number of pyridine rings is 1. The number of rotatable bonds is 4. The maximum atomic E-state index is 9.60. The molecule has 0 fully saturated rings. The highest BCUT2D eigenvalue weighted by molar-refractivity contribution is 6.41. The molecule has 0 bridgehead atoms. The van der Waals surface area contributed by atoms with E-state index in [2.05, 4.69) is 18.8 Å². The van der Waals surface area contributed by atoms with Crippen LogP contribution in [0.1, 0.15) is 32.4 Å². The van der Waals surface area contributed by atoms with E-state index >= 15 is 0 Å². The molecule has 1 unspecified atom stereocenters. The van der Waals surface area contributed by atoms with Gasteiger partial charge in [0, 0.05) is 6.07 Å². The average molecular weight is 248 g/mol. The van der Waals surface area contributed by atoms with E-state index in [0.717, 1.165) is 19.3 Å². The van der Waals surface area contributed by atoms with Gasteiger partial charge in [-0.2, -0.15) is 0 Å². The second-order valence-corrected chi connectivity index (χ2v) is 4.54. The van der Waals surface area contributed by atoms with Crippen molar-refractivity contribution < 1.29 is 5.11 Å². The van der Waals surface area contributed by atoms with E-state index in [-0.39, 0.29) is 10.9 Å². The number of aromatic hydroxyl groups is 1. The topological polar surface area (TPSA) is 33.1 Å². The maximum absolute atomic E-state index is 9.60. The largest absolute Gasteiger partial charge is 0.506 e. The van der Waals surface area contributed by atoms with Crippen LogP contribution in [0.15, 0.2) is 6.07 Å². The molecule has 0 spiro atoms. The Morgan fingerprint density at radius 3 is 2.73 bits per heavy atom. The zero-order chi connectivity index (χ0) is 11.4. The van der Waals surface area contributed by atoms with Crippen LogP contribution in [0.5, 0.6) is 5.75 Å². The molecule has 0 aliphatic rings. The van der Waals surface area contributed by atoms with Crippen LogP contribution in [-0.4, -0.2) is 10.1 Å². The van der Waals surface area contributed by atoms with E-state index in [1.165, 1.54) is 6.07 Å². The van der Waals surface area contributed by atoms with Crippen LogP contribution in [0.3, 0.4) is 0 Å². The van der Waals surface area contributed by atoms with Crippen LogP contribution in [0, 0.1) is 5.92 Å². The highest BCUT2D eigenvalue weighted by Crippen LogP contribution is 2.28. The lowest BCUT2D eigenvalue weighted by atomic mass is 10.0. The van der Waals surface area contributed by atoms with Crippen molar-refractivity contribution in [2.24, 2.45) is 5.92 Å². The molecule has 15 heavy (non-hydrogen) atoms. The Morgan fingerprint density at radius 1 is 1.47 bits per heavy atom. The zero-order valence-corrected chi connectivity index (χ0v) is 10.4. The smallest absolute Gasteiger partial charge is 0.148 e. The molecule has 0 saturated heterocycles. The van der Waals surface area contributed by atoms with Crippen LogP contribution in [-0.2, 0) is 6.42 Å². The third-order valence-corrected chi connectivity index (χ3v) is 3.23. The Bertz CT molecular complexity index is 342. The molecule has 1 rings (SSSR count). The molecule has 0 aliphatic heterocycles. The van der Waals surface area contributed by atoms with Crippen molar-refractivity contribution in [3.63, 3.8) is 0 Å². The van der Waals surface area contributed by atoms with Crippen LogP contribution in [0.25, 0.3) is 0 Å². The van der Waals surface area contributed by atoms with Crippen molar-refractivity contribution in [3.8, 4) is 5.75 Å². The number of aryl methyl sites for hydroxylation is 1. The molecule has 2 nitrogen and oxygen atoms in total. The van der Waals surface area contributed by atoms with E-state index in [1.54, 1.807) is 0 Å². The number of hydrogen-bond acceptors (Lipinski definition) is 2. The Hall–Kier alpha value is -0.470. The van der Waals surface area contributed by atoms with E-state index < -0.39 is 0 Å². The van der Waals surface area contributed by atoms with Gasteiger partial charge >= 0.3 is 0 Å². The summed E-state index contributed by atoms with van der Waals surface area (Å²) in [5.41, 5.74) is 0.629. The van der Waals surface area contributed by atoms with Crippen molar-refractivity contribution >= 4 is 23.2 Å². The number of aromatic nitrogens is 1. The zero-order valence-electron chi connectivity index (χ0n) is 8.93. The van der Waals surface area contributed by atoms with Gasteiger partial charge in [-0.1, -0.05) is 43.5 Å². The minimum atomic E-state index is 0.132. The first-order valence-electron chi connectivity index (χ1n) is 5.08. The molecule has 1 atom stereocenters. The van der Waals surface area contributed by atoms with Gasteiger partial charge in [0.15, 0.2) is 0 Å². The van der Waals surface area contributed by atoms with Gasteiger partial charge < -0.3 is 5.11 Å². The number of halogens is 2. The van der Waals surface area contributed by atoms with Gasteiger partial charge in [0.05, 0.1) is 10.7 Å². The molecule has 0 amide bonds. The highest BCUT2D eigenvalue weighted by Gasteiger charge is 2.09. The van der Waals surface area contributed by atoms with Crippen molar-refractivity contribution in [1.82, 2.24) is 4.98 Å². The molecule has 4 heteroatoms. The first-order valence-corrected chi connectivity index (χ1v) is 5.84. The van der Waals surface area contributed by atoms with Gasteiger partial charge in [0.2, 0.25) is 0 Å². The Morgan fingerprint density at radius 2 is 2.13 bits per heavy atom. The third-order valence-electron chi connectivity index (χ3n) is 2.56. The molecule has 1 aromatic heterocycles. The summed E-state index contributed by atoms with van der Waals surface area (Å²) in [5.74, 6) is 0.758. The lowest BCUT2D eigenvalue weighted by molar-refractivity contribution is 0.453. The number of hydrogen-bond donors (Lipinski definition) is 1. The lowest BCUT2D eigenvalue weighted by Crippen LogP contribution is -1.98. The molecule has 0 saturated carbocycles. The fraction of sp³-hybridized carbons (Fsp3) is 0.545. The normalized spacial score (nSPS) is 12.8. The van der Waals surface area contributed by atoms with Crippen LogP contribution in [0.4, 0.5) is 0 Å². The molecule has 0 aliphatic carbocycles. The predicted molar refractivity (Wildman–Crippen MR) is 63.7 cm³/mol. The summed E-state index contributed by atoms with van der Waals surface area (Å²) in [6.07, 6.45) is 2.86. The summed E-state index contributed by atoms with van der Waals surface area (Å²) in [6, 6.07) is 1.45. The summed E-state index contributed by atoms with van der Waals surface area (Å²) in [4.78, 5) is 4.06. The highest BCUT2D eigenvalue weighted by atomic mass is 35.5. The third kappa shape index (κ3) is 3.54. The molecule has 1 N–H and O–H groups in total. The quantitative estimate of drug-likeness (QED) is 0.814. The molecule has 1 heterocycles. The first-order chi connectivity index (χ1) is 7.04. The molecule has 0 radical (unpaired) electrons. The molecular formula is C11H15Cl2NO. The van der Waals surface area contributed by atoms with Crippen LogP contribution < -0.4 is 0 Å². The Labute approximate surface area is 100 Å². The summed E-state index contributed by atoms with van der Waals surface area (Å²) < 4.78 is 0. The predicted octanol–water partition coefficient (Wildman–Crippen LogP) is 4.07. The second-order valence-electron chi connectivity index (χ2n) is 3.78. The average Bonchev–Trinajstić information content (AvgIpc) is 2.21. The fourth-order valence-electron chi connectivity index (χ4n) is 1.26. The standard InChI is InChI=1S/C11H15Cl2NO/c1-3-7(2)4-5-9-10(15)6-8(12)11(13)14-9/h6-7,15H,3-5H2,1-2H3. The van der Waals surface area contributed by atoms with Crippen LogP contribution >= 0.6 is 23.2 Å². The van der Waals surface area contributed by atoms with Crippen molar-refractivity contribution in [3.05, 3.63) is 21.9 Å². The Kier molecular flexibility index (Phi) is 4.68. The summed E-state index contributed by atoms with van der Waals surface area (Å²) in [6.45, 7) is 4.32. The van der Waals surface area contributed by atoms with Crippen molar-refractivity contribution in [2.75, 3.05) is 0 Å². The second kappa shape index (κ2) is 5.57. The minimum absolute atomic E-state index is 0.132. The fourth-order valence-corrected chi connectivity index (χ4v) is 1.57. The molecule has 0 aromatic carbocycles. The van der Waals surface area contributed by atoms with E-state index in [0.29, 0.717) is 16.6 Å². The van der Waals surface area contributed by atoms with E-state index in [9.17, 15) is 5.11 Å². The van der Waals surface area contributed by atoms with Crippen molar-refractivity contribution in [1.29, 1.82) is 0 Å². The minimum Gasteiger partial charge on any atom is -0.506 e. The van der Waals surface area contributed by atoms with Gasteiger partial charge in [0.25, 0.3) is 0 Å². The van der Waals surface area contributed by atoms with Crippen molar-refractivity contribution in [2.45, 2.75) is 33.1 Å². The molecule has 1 aromatic rings. The van der Waals surface area contributed by atoms with Crippen LogP contribution in [0.2, 0.25) is 10.2 Å². The van der Waals surface area contributed by atoms with Gasteiger partial charge in [-0.25, -0.2) is 4.98 Å². The summed E-state index contributed by atoms with van der Waals surface area (Å²) in [5, 5.41) is 10.1. The SMILES string of the molecule is CCC(C)CCc1nc(Cl)c(Cl)cc1O. The molecular weight excluding hydrogens is 233 g/mol. The van der Waals surface area contributed by atoms with E-state index in [1.807, 2.05) is 0 Å². The van der Waals surface area contributed by atoms with Gasteiger partial charge in [0.1, 0.15) is 10.9 Å². The lowest BCUT2D eigenvalue weighted by Gasteiger charge is -2.09. The van der Waals surface area contributed by atoms with Gasteiger partial charge in [-0.15, -0.1) is 0 Å². The molecule has 84 valence electrons.